The molecular weight excluding hydrogens is 268 g/mol. The Morgan fingerprint density at radius 2 is 1.80 bits per heavy atom. The normalized spacial score (nSPS) is 25.4. The molecule has 0 spiro atoms. The van der Waals surface area contributed by atoms with Gasteiger partial charge >= 0.3 is 0 Å². The number of amides is 1. The Balaban J connectivity index is 0.00000200. The highest BCUT2D eigenvalue weighted by atomic mass is 32.2. The van der Waals surface area contributed by atoms with Gasteiger partial charge in [-0.1, -0.05) is 63.4 Å². The first-order chi connectivity index (χ1) is 8.93. The minimum atomic E-state index is -0.407. The number of hydrogen-bond acceptors (Lipinski definition) is 3. The molecule has 110 valence electrons. The molecule has 2 rings (SSSR count). The summed E-state index contributed by atoms with van der Waals surface area (Å²) in [5.41, 5.74) is 1.16. The monoisotopic (exact) mass is 292 g/mol. The topological polar surface area (TPSA) is 41.5 Å². The molecule has 0 aromatic heterocycles. The number of rotatable bonds is 3. The number of aliphatic imine (C=N–C) groups is 1. The van der Waals surface area contributed by atoms with Crippen LogP contribution in [0.25, 0.3) is 0 Å². The van der Waals surface area contributed by atoms with Crippen molar-refractivity contribution in [2.45, 2.75) is 45.9 Å². The summed E-state index contributed by atoms with van der Waals surface area (Å²) >= 11 is 1.54. The summed E-state index contributed by atoms with van der Waals surface area (Å²) in [5.74, 6) is 0.337. The van der Waals surface area contributed by atoms with Crippen LogP contribution in [0.2, 0.25) is 0 Å². The van der Waals surface area contributed by atoms with Gasteiger partial charge in [0, 0.05) is 0 Å². The fourth-order valence-corrected chi connectivity index (χ4v) is 3.05. The van der Waals surface area contributed by atoms with E-state index in [4.69, 9.17) is 0 Å². The van der Waals surface area contributed by atoms with Crippen LogP contribution in [0.3, 0.4) is 0 Å². The number of nitrogens with one attached hydrogen (secondary N) is 1. The number of carbonyl (C=O) groups excluding carboxylic acids is 1. The Hall–Kier alpha value is -1.29. The van der Waals surface area contributed by atoms with Gasteiger partial charge in [-0.15, -0.1) is 0 Å². The lowest BCUT2D eigenvalue weighted by atomic mass is 9.96. The van der Waals surface area contributed by atoms with Crippen molar-refractivity contribution in [1.82, 2.24) is 5.32 Å². The van der Waals surface area contributed by atoms with E-state index < -0.39 is 4.75 Å². The van der Waals surface area contributed by atoms with E-state index in [-0.39, 0.29) is 25.3 Å². The third kappa shape index (κ3) is 3.23. The fourth-order valence-electron chi connectivity index (χ4n) is 1.91. The van der Waals surface area contributed by atoms with Crippen molar-refractivity contribution in [1.29, 1.82) is 0 Å². The molecule has 0 radical (unpaired) electrons. The standard InChI is InChI=1S/C15H20N2OS.CH4/c1-10(2)15(4)13(18)17-14(19-15)16-11(3)12-8-6-5-7-9-12;/h5-11H,1-4H3,(H,16,17,18);1H4/t11-,15-;/m0./s1. The van der Waals surface area contributed by atoms with Crippen molar-refractivity contribution in [3.63, 3.8) is 0 Å². The summed E-state index contributed by atoms with van der Waals surface area (Å²) in [6, 6.07) is 10.2. The molecule has 0 aliphatic carbocycles. The van der Waals surface area contributed by atoms with E-state index in [1.807, 2.05) is 32.0 Å². The number of nitrogens with zero attached hydrogens (tertiary/aromatic N) is 1. The zero-order valence-electron chi connectivity index (χ0n) is 11.8. The van der Waals surface area contributed by atoms with E-state index in [1.165, 1.54) is 0 Å². The molecule has 0 bridgehead atoms. The second kappa shape index (κ2) is 6.44. The highest BCUT2D eigenvalue weighted by molar-refractivity contribution is 8.16. The van der Waals surface area contributed by atoms with Crippen molar-refractivity contribution in [2.24, 2.45) is 10.9 Å². The zero-order valence-corrected chi connectivity index (χ0v) is 12.6. The van der Waals surface area contributed by atoms with Gasteiger partial charge in [0.25, 0.3) is 0 Å². The lowest BCUT2D eigenvalue weighted by molar-refractivity contribution is -0.122. The predicted octanol–water partition coefficient (Wildman–Crippen LogP) is 4.02. The average Bonchev–Trinajstić information content (AvgIpc) is 2.67. The van der Waals surface area contributed by atoms with Gasteiger partial charge in [-0.3, -0.25) is 9.79 Å². The van der Waals surface area contributed by atoms with E-state index >= 15 is 0 Å². The Morgan fingerprint density at radius 1 is 1.20 bits per heavy atom. The fraction of sp³-hybridized carbons (Fsp3) is 0.500. The largest absolute Gasteiger partial charge is 0.304 e. The molecule has 1 saturated heterocycles. The lowest BCUT2D eigenvalue weighted by Crippen LogP contribution is -2.38. The van der Waals surface area contributed by atoms with E-state index in [9.17, 15) is 4.79 Å². The molecule has 1 aliphatic heterocycles. The first-order valence-corrected chi connectivity index (χ1v) is 7.38. The molecule has 1 amide bonds. The number of benzene rings is 1. The first-order valence-electron chi connectivity index (χ1n) is 6.56. The van der Waals surface area contributed by atoms with Gasteiger partial charge in [-0.05, 0) is 25.3 Å². The van der Waals surface area contributed by atoms with Crippen molar-refractivity contribution in [3.05, 3.63) is 35.9 Å². The van der Waals surface area contributed by atoms with Gasteiger partial charge in [0.1, 0.15) is 4.75 Å². The van der Waals surface area contributed by atoms with Gasteiger partial charge < -0.3 is 5.32 Å². The summed E-state index contributed by atoms with van der Waals surface area (Å²) in [6.45, 7) is 8.15. The van der Waals surface area contributed by atoms with Crippen molar-refractivity contribution in [2.75, 3.05) is 0 Å². The molecule has 4 heteroatoms. The summed E-state index contributed by atoms with van der Waals surface area (Å²) < 4.78 is -0.407. The zero-order chi connectivity index (χ0) is 14.0. The molecule has 2 atom stereocenters. The van der Waals surface area contributed by atoms with Crippen LogP contribution in [-0.2, 0) is 4.79 Å². The average molecular weight is 292 g/mol. The van der Waals surface area contributed by atoms with E-state index in [1.54, 1.807) is 11.8 Å². The van der Waals surface area contributed by atoms with Crippen molar-refractivity contribution in [3.8, 4) is 0 Å². The molecule has 1 fully saturated rings. The highest BCUT2D eigenvalue weighted by Gasteiger charge is 2.44. The predicted molar refractivity (Wildman–Crippen MR) is 88.0 cm³/mol. The van der Waals surface area contributed by atoms with Gasteiger partial charge in [-0.2, -0.15) is 0 Å². The number of hydrogen-bond donors (Lipinski definition) is 1. The molecule has 0 saturated carbocycles. The molecule has 1 heterocycles. The number of carbonyl (C=O) groups is 1. The Kier molecular flexibility index (Phi) is 5.40. The maximum atomic E-state index is 12.1. The summed E-state index contributed by atoms with van der Waals surface area (Å²) in [7, 11) is 0. The van der Waals surface area contributed by atoms with E-state index in [0.717, 1.165) is 10.7 Å². The third-order valence-electron chi connectivity index (χ3n) is 3.67. The molecule has 1 aromatic rings. The van der Waals surface area contributed by atoms with Gasteiger partial charge in [0.05, 0.1) is 6.04 Å². The molecule has 1 N–H and O–H groups in total. The number of amidine groups is 1. The SMILES string of the molecule is C.CC(C)[C@]1(C)SC(=N[C@@H](C)c2ccccc2)NC1=O. The van der Waals surface area contributed by atoms with Crippen LogP contribution in [0.5, 0.6) is 0 Å². The smallest absolute Gasteiger partial charge is 0.242 e. The Bertz CT molecular complexity index is 498. The van der Waals surface area contributed by atoms with Crippen LogP contribution >= 0.6 is 11.8 Å². The second-order valence-corrected chi connectivity index (χ2v) is 6.78. The molecule has 0 unspecified atom stereocenters. The molecule has 3 nitrogen and oxygen atoms in total. The van der Waals surface area contributed by atoms with E-state index in [2.05, 4.69) is 36.3 Å². The van der Waals surface area contributed by atoms with Gasteiger partial charge in [0.2, 0.25) is 5.91 Å². The maximum absolute atomic E-state index is 12.1. The van der Waals surface area contributed by atoms with Crippen LogP contribution in [0, 0.1) is 5.92 Å². The Labute approximate surface area is 126 Å². The first kappa shape index (κ1) is 16.8. The summed E-state index contributed by atoms with van der Waals surface area (Å²) in [5, 5.41) is 3.63. The van der Waals surface area contributed by atoms with Crippen LogP contribution < -0.4 is 5.32 Å². The van der Waals surface area contributed by atoms with Crippen LogP contribution in [-0.4, -0.2) is 15.8 Å². The highest BCUT2D eigenvalue weighted by Crippen LogP contribution is 2.38. The lowest BCUT2D eigenvalue weighted by Gasteiger charge is -2.22. The second-order valence-electron chi connectivity index (χ2n) is 5.34. The molecule has 1 aromatic carbocycles. The third-order valence-corrected chi connectivity index (χ3v) is 5.16. The van der Waals surface area contributed by atoms with E-state index in [0.29, 0.717) is 0 Å². The maximum Gasteiger partial charge on any atom is 0.242 e. The molecular formula is C16H24N2OS. The van der Waals surface area contributed by atoms with Gasteiger partial charge in [0.15, 0.2) is 5.17 Å². The Morgan fingerprint density at radius 3 is 2.30 bits per heavy atom. The minimum absolute atomic E-state index is 0. The quantitative estimate of drug-likeness (QED) is 0.914. The summed E-state index contributed by atoms with van der Waals surface area (Å²) in [4.78, 5) is 16.7. The molecule has 1 aliphatic rings. The minimum Gasteiger partial charge on any atom is -0.304 e. The summed E-state index contributed by atoms with van der Waals surface area (Å²) in [6.07, 6.45) is 0. The van der Waals surface area contributed by atoms with Crippen LogP contribution in [0.15, 0.2) is 35.3 Å². The number of thioether (sulfide) groups is 1. The van der Waals surface area contributed by atoms with Crippen LogP contribution in [0.1, 0.15) is 46.7 Å². The molecule has 20 heavy (non-hydrogen) atoms. The van der Waals surface area contributed by atoms with Crippen molar-refractivity contribution >= 4 is 22.8 Å². The van der Waals surface area contributed by atoms with Crippen LogP contribution in [0.4, 0.5) is 0 Å². The van der Waals surface area contributed by atoms with Gasteiger partial charge in [-0.25, -0.2) is 0 Å². The van der Waals surface area contributed by atoms with Crippen molar-refractivity contribution < 1.29 is 4.79 Å².